The molecule has 0 radical (unpaired) electrons. The Bertz CT molecular complexity index is 594. The molecule has 6 nitrogen and oxygen atoms in total. The number of anilines is 1. The summed E-state index contributed by atoms with van der Waals surface area (Å²) in [5.74, 6) is 0.128. The van der Waals surface area contributed by atoms with E-state index in [-0.39, 0.29) is 11.9 Å². The van der Waals surface area contributed by atoms with Crippen molar-refractivity contribution in [1.82, 2.24) is 20.2 Å². The molecule has 0 bridgehead atoms. The molecule has 2 heterocycles. The molecular formula is C13H16FN5O. The second-order valence-corrected chi connectivity index (χ2v) is 4.88. The molecule has 2 N–H and O–H groups in total. The molecule has 0 spiro atoms. The SMILES string of the molecule is Nc1ccc(F)cc1-c1nnnn1CCC1CCCO1. The van der Waals surface area contributed by atoms with Crippen LogP contribution in [-0.2, 0) is 11.3 Å². The van der Waals surface area contributed by atoms with E-state index >= 15 is 0 Å². The Morgan fingerprint density at radius 2 is 2.35 bits per heavy atom. The van der Waals surface area contributed by atoms with Crippen LogP contribution in [0.25, 0.3) is 11.4 Å². The minimum atomic E-state index is -0.358. The molecule has 3 rings (SSSR count). The van der Waals surface area contributed by atoms with Crippen LogP contribution in [0.5, 0.6) is 0 Å². The van der Waals surface area contributed by atoms with Crippen LogP contribution >= 0.6 is 0 Å². The molecule has 2 aromatic rings. The Kier molecular flexibility index (Phi) is 3.60. The Balaban J connectivity index is 1.80. The highest BCUT2D eigenvalue weighted by atomic mass is 19.1. The topological polar surface area (TPSA) is 78.9 Å². The first-order valence-corrected chi connectivity index (χ1v) is 6.67. The largest absolute Gasteiger partial charge is 0.398 e. The number of hydrogen-bond donors (Lipinski definition) is 1. The standard InChI is InChI=1S/C13H16FN5O/c14-9-3-4-12(15)11(8-9)13-16-17-18-19(13)6-5-10-2-1-7-20-10/h3-4,8,10H,1-2,5-7,15H2. The van der Waals surface area contributed by atoms with E-state index in [1.807, 2.05) is 0 Å². The lowest BCUT2D eigenvalue weighted by Crippen LogP contribution is -2.12. The van der Waals surface area contributed by atoms with Crippen LogP contribution in [0.1, 0.15) is 19.3 Å². The number of nitrogen functional groups attached to an aromatic ring is 1. The summed E-state index contributed by atoms with van der Waals surface area (Å²) in [6.07, 6.45) is 3.27. The second-order valence-electron chi connectivity index (χ2n) is 4.88. The Morgan fingerprint density at radius 1 is 1.45 bits per heavy atom. The first-order chi connectivity index (χ1) is 9.74. The molecule has 1 atom stereocenters. The normalized spacial score (nSPS) is 18.6. The first kappa shape index (κ1) is 13.0. The zero-order chi connectivity index (χ0) is 13.9. The van der Waals surface area contributed by atoms with E-state index in [0.717, 1.165) is 25.9 Å². The minimum Gasteiger partial charge on any atom is -0.398 e. The van der Waals surface area contributed by atoms with Gasteiger partial charge in [0, 0.05) is 24.4 Å². The number of ether oxygens (including phenoxy) is 1. The molecule has 1 aromatic heterocycles. The summed E-state index contributed by atoms with van der Waals surface area (Å²) in [4.78, 5) is 0. The molecule has 7 heteroatoms. The smallest absolute Gasteiger partial charge is 0.184 e. The first-order valence-electron chi connectivity index (χ1n) is 6.67. The summed E-state index contributed by atoms with van der Waals surface area (Å²) in [6.45, 7) is 1.45. The zero-order valence-corrected chi connectivity index (χ0v) is 11.0. The van der Waals surface area contributed by atoms with Crippen molar-refractivity contribution in [3.63, 3.8) is 0 Å². The number of hydrogen-bond acceptors (Lipinski definition) is 5. The molecule has 0 saturated carbocycles. The maximum Gasteiger partial charge on any atom is 0.184 e. The average Bonchev–Trinajstić information content (AvgIpc) is 3.09. The van der Waals surface area contributed by atoms with Gasteiger partial charge in [-0.25, -0.2) is 9.07 Å². The summed E-state index contributed by atoms with van der Waals surface area (Å²) in [7, 11) is 0. The van der Waals surface area contributed by atoms with Crippen molar-refractivity contribution in [1.29, 1.82) is 0 Å². The summed E-state index contributed by atoms with van der Waals surface area (Å²) in [6, 6.07) is 4.19. The highest BCUT2D eigenvalue weighted by molar-refractivity contribution is 5.71. The number of aryl methyl sites for hydroxylation is 1. The molecule has 0 amide bonds. The van der Waals surface area contributed by atoms with Crippen LogP contribution in [0.2, 0.25) is 0 Å². The van der Waals surface area contributed by atoms with Gasteiger partial charge in [-0.15, -0.1) is 5.10 Å². The third-order valence-electron chi connectivity index (χ3n) is 3.48. The van der Waals surface area contributed by atoms with E-state index in [1.165, 1.54) is 18.2 Å². The highest BCUT2D eigenvalue weighted by Gasteiger charge is 2.18. The predicted octanol–water partition coefficient (Wildman–Crippen LogP) is 1.63. The van der Waals surface area contributed by atoms with Gasteiger partial charge < -0.3 is 10.5 Å². The average molecular weight is 277 g/mol. The number of aromatic nitrogens is 4. The molecule has 20 heavy (non-hydrogen) atoms. The number of tetrazole rings is 1. The summed E-state index contributed by atoms with van der Waals surface area (Å²) in [5, 5.41) is 11.6. The molecule has 1 aliphatic heterocycles. The number of benzene rings is 1. The zero-order valence-electron chi connectivity index (χ0n) is 11.0. The molecule has 1 unspecified atom stereocenters. The van der Waals surface area contributed by atoms with Crippen molar-refractivity contribution in [2.75, 3.05) is 12.3 Å². The minimum absolute atomic E-state index is 0.261. The number of nitrogens with two attached hydrogens (primary N) is 1. The molecule has 106 valence electrons. The summed E-state index contributed by atoms with van der Waals surface area (Å²) < 4.78 is 20.6. The fourth-order valence-corrected chi connectivity index (χ4v) is 2.41. The number of nitrogens with zero attached hydrogens (tertiary/aromatic N) is 4. The summed E-state index contributed by atoms with van der Waals surface area (Å²) in [5.41, 5.74) is 6.84. The van der Waals surface area contributed by atoms with E-state index < -0.39 is 0 Å². The van der Waals surface area contributed by atoms with Crippen LogP contribution in [0.15, 0.2) is 18.2 Å². The van der Waals surface area contributed by atoms with Crippen LogP contribution in [0.4, 0.5) is 10.1 Å². The van der Waals surface area contributed by atoms with Crippen LogP contribution < -0.4 is 5.73 Å². The van der Waals surface area contributed by atoms with Gasteiger partial charge in [0.1, 0.15) is 5.82 Å². The van der Waals surface area contributed by atoms with Crippen molar-refractivity contribution >= 4 is 5.69 Å². The lowest BCUT2D eigenvalue weighted by Gasteiger charge is -2.10. The van der Waals surface area contributed by atoms with Crippen molar-refractivity contribution in [3.8, 4) is 11.4 Å². The Labute approximate surface area is 115 Å². The number of halogens is 1. The van der Waals surface area contributed by atoms with Gasteiger partial charge in [-0.3, -0.25) is 0 Å². The van der Waals surface area contributed by atoms with E-state index in [1.54, 1.807) is 4.68 Å². The van der Waals surface area contributed by atoms with E-state index in [4.69, 9.17) is 10.5 Å². The van der Waals surface area contributed by atoms with Gasteiger partial charge >= 0.3 is 0 Å². The van der Waals surface area contributed by atoms with E-state index in [0.29, 0.717) is 23.6 Å². The Hall–Kier alpha value is -2.02. The fraction of sp³-hybridized carbons (Fsp3) is 0.462. The van der Waals surface area contributed by atoms with Crippen LogP contribution in [0.3, 0.4) is 0 Å². The van der Waals surface area contributed by atoms with Crippen LogP contribution in [0, 0.1) is 5.82 Å². The maximum atomic E-state index is 13.3. The van der Waals surface area contributed by atoms with Crippen molar-refractivity contribution in [2.24, 2.45) is 0 Å². The quantitative estimate of drug-likeness (QED) is 0.859. The fourth-order valence-electron chi connectivity index (χ4n) is 2.41. The van der Waals surface area contributed by atoms with Gasteiger partial charge in [-0.05, 0) is 47.9 Å². The molecule has 1 fully saturated rings. The predicted molar refractivity (Wildman–Crippen MR) is 71.2 cm³/mol. The van der Waals surface area contributed by atoms with Gasteiger partial charge in [0.05, 0.1) is 6.10 Å². The highest BCUT2D eigenvalue weighted by Crippen LogP contribution is 2.25. The van der Waals surface area contributed by atoms with Crippen molar-refractivity contribution in [3.05, 3.63) is 24.0 Å². The summed E-state index contributed by atoms with van der Waals surface area (Å²) >= 11 is 0. The Morgan fingerprint density at radius 3 is 3.15 bits per heavy atom. The van der Waals surface area contributed by atoms with Gasteiger partial charge in [0.15, 0.2) is 5.82 Å². The third kappa shape index (κ3) is 2.62. The maximum absolute atomic E-state index is 13.3. The van der Waals surface area contributed by atoms with Gasteiger partial charge in [-0.1, -0.05) is 0 Å². The molecule has 0 aliphatic carbocycles. The van der Waals surface area contributed by atoms with Crippen molar-refractivity contribution < 1.29 is 9.13 Å². The number of rotatable bonds is 4. The molecule has 1 aliphatic rings. The molecule has 1 saturated heterocycles. The lowest BCUT2D eigenvalue weighted by atomic mass is 10.1. The van der Waals surface area contributed by atoms with Gasteiger partial charge in [0.2, 0.25) is 0 Å². The second kappa shape index (κ2) is 5.54. The molecule has 1 aromatic carbocycles. The van der Waals surface area contributed by atoms with Crippen molar-refractivity contribution in [2.45, 2.75) is 31.9 Å². The third-order valence-corrected chi connectivity index (χ3v) is 3.48. The lowest BCUT2D eigenvalue weighted by molar-refractivity contribution is 0.0994. The van der Waals surface area contributed by atoms with Gasteiger partial charge in [0.25, 0.3) is 0 Å². The van der Waals surface area contributed by atoms with Gasteiger partial charge in [-0.2, -0.15) is 0 Å². The van der Waals surface area contributed by atoms with E-state index in [9.17, 15) is 4.39 Å². The molecular weight excluding hydrogens is 261 g/mol. The monoisotopic (exact) mass is 277 g/mol. The van der Waals surface area contributed by atoms with E-state index in [2.05, 4.69) is 15.5 Å². The van der Waals surface area contributed by atoms with Crippen LogP contribution in [-0.4, -0.2) is 32.9 Å².